The zero-order chi connectivity index (χ0) is 6.43. The number of hydrogen-bond donors (Lipinski definition) is 0. The fraction of sp³-hybridized carbons (Fsp3) is 1.00. The quantitative estimate of drug-likeness (QED) is 0.457. The summed E-state index contributed by atoms with van der Waals surface area (Å²) in [7, 11) is 2.28. The number of rotatable bonds is 0. The molecule has 9 heavy (non-hydrogen) atoms. The summed E-state index contributed by atoms with van der Waals surface area (Å²) in [6, 6.07) is 1.87. The molecule has 2 bridgehead atoms. The average molecular weight is 237 g/mol. The lowest BCUT2D eigenvalue weighted by molar-refractivity contribution is 0.316. The van der Waals surface area contributed by atoms with Crippen LogP contribution in [0.4, 0.5) is 0 Å². The van der Waals surface area contributed by atoms with Gasteiger partial charge in [0.1, 0.15) is 0 Å². The van der Waals surface area contributed by atoms with E-state index in [2.05, 4.69) is 34.5 Å². The Labute approximate surface area is 69.9 Å². The van der Waals surface area contributed by atoms with Crippen molar-refractivity contribution in [2.45, 2.75) is 35.3 Å². The summed E-state index contributed by atoms with van der Waals surface area (Å²) in [5.41, 5.74) is 0. The van der Waals surface area contributed by atoms with E-state index < -0.39 is 0 Å². The van der Waals surface area contributed by atoms with Crippen molar-refractivity contribution in [1.82, 2.24) is 4.90 Å². The van der Waals surface area contributed by atoms with Crippen molar-refractivity contribution >= 4 is 22.6 Å². The van der Waals surface area contributed by atoms with Crippen LogP contribution in [0.1, 0.15) is 19.3 Å². The number of halogens is 1. The summed E-state index contributed by atoms with van der Waals surface area (Å²) in [5, 5.41) is 0. The smallest absolute Gasteiger partial charge is 0.0280 e. The Bertz CT molecular complexity index is 126. The fourth-order valence-electron chi connectivity index (χ4n) is 2.18. The van der Waals surface area contributed by atoms with Crippen LogP contribution in [0, 0.1) is 0 Å². The zero-order valence-electron chi connectivity index (χ0n) is 5.68. The molecule has 1 nitrogen and oxygen atoms in total. The molecule has 0 saturated carbocycles. The van der Waals surface area contributed by atoms with Crippen LogP contribution >= 0.6 is 22.6 Å². The second-order valence-electron chi connectivity index (χ2n) is 3.22. The van der Waals surface area contributed by atoms with Gasteiger partial charge in [0.05, 0.1) is 0 Å². The highest BCUT2D eigenvalue weighted by atomic mass is 127. The third kappa shape index (κ3) is 0.827. The molecule has 0 unspecified atom stereocenters. The molecule has 0 aromatic heterocycles. The van der Waals surface area contributed by atoms with Gasteiger partial charge in [0, 0.05) is 16.0 Å². The van der Waals surface area contributed by atoms with Gasteiger partial charge in [-0.05, 0) is 26.3 Å². The second-order valence-corrected chi connectivity index (χ2v) is 4.82. The Morgan fingerprint density at radius 2 is 2.22 bits per heavy atom. The molecule has 2 aliphatic rings. The fourth-order valence-corrected chi connectivity index (χ4v) is 3.63. The summed E-state index contributed by atoms with van der Waals surface area (Å²) < 4.78 is 0.950. The molecule has 0 spiro atoms. The molecule has 2 saturated heterocycles. The van der Waals surface area contributed by atoms with Crippen LogP contribution in [0.15, 0.2) is 0 Å². The molecule has 0 aliphatic carbocycles. The van der Waals surface area contributed by atoms with E-state index in [1.165, 1.54) is 19.3 Å². The van der Waals surface area contributed by atoms with E-state index in [4.69, 9.17) is 0 Å². The number of alkyl halides is 1. The Morgan fingerprint density at radius 1 is 1.44 bits per heavy atom. The van der Waals surface area contributed by atoms with Crippen molar-refractivity contribution in [1.29, 1.82) is 0 Å². The lowest BCUT2D eigenvalue weighted by Gasteiger charge is -2.15. The predicted octanol–water partition coefficient (Wildman–Crippen LogP) is 1.66. The molecule has 2 heterocycles. The third-order valence-electron chi connectivity index (χ3n) is 2.81. The first-order valence-electron chi connectivity index (χ1n) is 3.65. The minimum absolute atomic E-state index is 0.926. The van der Waals surface area contributed by atoms with Crippen LogP contribution in [0.5, 0.6) is 0 Å². The maximum absolute atomic E-state index is 2.60. The van der Waals surface area contributed by atoms with Gasteiger partial charge in [-0.3, -0.25) is 4.90 Å². The standard InChI is InChI=1S/C7H12IN/c1-9-5-2-3-7(9)6(8)4-5/h5-7H,2-4H2,1H3/t5-,6+,7+/m0/s1. The summed E-state index contributed by atoms with van der Waals surface area (Å²) in [4.78, 5) is 2.57. The molecule has 3 atom stereocenters. The maximum atomic E-state index is 2.60. The molecule has 0 amide bonds. The minimum Gasteiger partial charge on any atom is -0.299 e. The molecule has 2 fully saturated rings. The minimum atomic E-state index is 0.926. The van der Waals surface area contributed by atoms with E-state index >= 15 is 0 Å². The molecule has 2 aliphatic heterocycles. The Morgan fingerprint density at radius 3 is 2.44 bits per heavy atom. The first-order chi connectivity index (χ1) is 4.29. The number of hydrogen-bond acceptors (Lipinski definition) is 1. The largest absolute Gasteiger partial charge is 0.299 e. The Kier molecular flexibility index (Phi) is 1.49. The van der Waals surface area contributed by atoms with Gasteiger partial charge in [-0.15, -0.1) is 0 Å². The lowest BCUT2D eigenvalue weighted by Crippen LogP contribution is -2.25. The highest BCUT2D eigenvalue weighted by Gasteiger charge is 2.42. The van der Waals surface area contributed by atoms with Gasteiger partial charge in [-0.1, -0.05) is 22.6 Å². The average Bonchev–Trinajstić information content (AvgIpc) is 2.25. The molecule has 2 heteroatoms. The first kappa shape index (κ1) is 6.40. The van der Waals surface area contributed by atoms with Crippen molar-refractivity contribution in [2.24, 2.45) is 0 Å². The predicted molar refractivity (Wildman–Crippen MR) is 47.0 cm³/mol. The maximum Gasteiger partial charge on any atom is 0.0280 e. The highest BCUT2D eigenvalue weighted by Crippen LogP contribution is 2.39. The van der Waals surface area contributed by atoms with E-state index in [1.807, 2.05) is 0 Å². The van der Waals surface area contributed by atoms with Crippen molar-refractivity contribution < 1.29 is 0 Å². The van der Waals surface area contributed by atoms with Crippen LogP contribution in [0.3, 0.4) is 0 Å². The molecular formula is C7H12IN. The van der Waals surface area contributed by atoms with Gasteiger partial charge in [0.25, 0.3) is 0 Å². The van der Waals surface area contributed by atoms with E-state index in [-0.39, 0.29) is 0 Å². The topological polar surface area (TPSA) is 3.24 Å². The van der Waals surface area contributed by atoms with Crippen LogP contribution in [0.25, 0.3) is 0 Å². The van der Waals surface area contributed by atoms with E-state index in [0.717, 1.165) is 16.0 Å². The lowest BCUT2D eigenvalue weighted by atomic mass is 10.0. The van der Waals surface area contributed by atoms with Crippen molar-refractivity contribution in [2.75, 3.05) is 7.05 Å². The second kappa shape index (κ2) is 2.09. The van der Waals surface area contributed by atoms with Gasteiger partial charge in [0.15, 0.2) is 0 Å². The van der Waals surface area contributed by atoms with E-state index in [9.17, 15) is 0 Å². The molecule has 0 aromatic rings. The summed E-state index contributed by atoms with van der Waals surface area (Å²) in [6.45, 7) is 0. The third-order valence-corrected chi connectivity index (χ3v) is 4.15. The molecule has 52 valence electrons. The first-order valence-corrected chi connectivity index (χ1v) is 4.89. The van der Waals surface area contributed by atoms with Crippen LogP contribution in [0.2, 0.25) is 0 Å². The number of fused-ring (bicyclic) bond motifs is 2. The highest BCUT2D eigenvalue weighted by molar-refractivity contribution is 14.1. The Balaban J connectivity index is 2.16. The number of nitrogens with zero attached hydrogens (tertiary/aromatic N) is 1. The van der Waals surface area contributed by atoms with Gasteiger partial charge >= 0.3 is 0 Å². The van der Waals surface area contributed by atoms with Crippen molar-refractivity contribution in [3.8, 4) is 0 Å². The summed E-state index contributed by atoms with van der Waals surface area (Å²) in [6.07, 6.45) is 4.36. The van der Waals surface area contributed by atoms with Gasteiger partial charge in [-0.25, -0.2) is 0 Å². The molecule has 0 N–H and O–H groups in total. The monoisotopic (exact) mass is 237 g/mol. The van der Waals surface area contributed by atoms with Crippen molar-refractivity contribution in [3.63, 3.8) is 0 Å². The van der Waals surface area contributed by atoms with Gasteiger partial charge < -0.3 is 0 Å². The van der Waals surface area contributed by atoms with Gasteiger partial charge in [0.2, 0.25) is 0 Å². The summed E-state index contributed by atoms with van der Waals surface area (Å²) >= 11 is 2.60. The van der Waals surface area contributed by atoms with Crippen LogP contribution in [-0.4, -0.2) is 28.0 Å². The van der Waals surface area contributed by atoms with E-state index in [1.54, 1.807) is 0 Å². The molecule has 2 rings (SSSR count). The normalized spacial score (nSPS) is 50.7. The summed E-state index contributed by atoms with van der Waals surface area (Å²) in [5.74, 6) is 0. The van der Waals surface area contributed by atoms with E-state index in [0.29, 0.717) is 0 Å². The SMILES string of the molecule is CN1[C@H]2CC[C@@H]1[C@H](I)C2. The molecule has 0 aromatic carbocycles. The zero-order valence-corrected chi connectivity index (χ0v) is 7.84. The van der Waals surface area contributed by atoms with Crippen LogP contribution < -0.4 is 0 Å². The Hall–Kier alpha value is 0.690. The van der Waals surface area contributed by atoms with Crippen molar-refractivity contribution in [3.05, 3.63) is 0 Å². The molecule has 0 radical (unpaired) electrons. The van der Waals surface area contributed by atoms with Crippen LogP contribution in [-0.2, 0) is 0 Å². The molecular weight excluding hydrogens is 225 g/mol. The van der Waals surface area contributed by atoms with Gasteiger partial charge in [-0.2, -0.15) is 0 Å².